The highest BCUT2D eigenvalue weighted by Gasteiger charge is 2.41. The molecule has 1 rings (SSSR count). The van der Waals surface area contributed by atoms with E-state index >= 15 is 0 Å². The van der Waals surface area contributed by atoms with Crippen LogP contribution in [0.3, 0.4) is 0 Å². The van der Waals surface area contributed by atoms with Gasteiger partial charge in [-0.3, -0.25) is 9.59 Å². The highest BCUT2D eigenvalue weighted by molar-refractivity contribution is 5.88. The molecule has 0 heterocycles. The van der Waals surface area contributed by atoms with Gasteiger partial charge in [0.15, 0.2) is 0 Å². The smallest absolute Gasteiger partial charge is 0.226 e. The number of carbonyl (C=O) groups is 2. The minimum atomic E-state index is -0.255. The molecule has 4 nitrogen and oxygen atoms in total. The number of amides is 2. The highest BCUT2D eigenvalue weighted by Crippen LogP contribution is 2.36. The maximum absolute atomic E-state index is 14.0. The van der Waals surface area contributed by atoms with Crippen molar-refractivity contribution in [2.75, 3.05) is 26.2 Å². The van der Waals surface area contributed by atoms with Crippen LogP contribution in [0, 0.1) is 41.4 Å². The quantitative estimate of drug-likeness (QED) is 0.371. The lowest BCUT2D eigenvalue weighted by Gasteiger charge is -2.39. The largest absolute Gasteiger partial charge is 0.342 e. The van der Waals surface area contributed by atoms with Crippen LogP contribution in [-0.2, 0) is 9.59 Å². The number of hydrogen-bond donors (Lipinski definition) is 0. The summed E-state index contributed by atoms with van der Waals surface area (Å²) in [5.74, 6) is 2.01. The normalized spacial score (nSPS) is 17.5. The fraction of sp³-hybridized carbons (Fsp3) is 0.926. The van der Waals surface area contributed by atoms with Crippen LogP contribution in [0.2, 0.25) is 0 Å². The van der Waals surface area contributed by atoms with Gasteiger partial charge in [0, 0.05) is 32.1 Å². The van der Waals surface area contributed by atoms with Gasteiger partial charge in [-0.25, -0.2) is 0 Å². The summed E-state index contributed by atoms with van der Waals surface area (Å²) in [7, 11) is 0. The fourth-order valence-corrected chi connectivity index (χ4v) is 5.24. The second-order valence-corrected chi connectivity index (χ2v) is 11.8. The molecule has 1 saturated carbocycles. The molecular formula is C27H52N2O2. The van der Waals surface area contributed by atoms with Crippen molar-refractivity contribution in [1.29, 1.82) is 0 Å². The van der Waals surface area contributed by atoms with E-state index in [-0.39, 0.29) is 23.7 Å². The predicted molar refractivity (Wildman–Crippen MR) is 132 cm³/mol. The molecule has 0 aromatic heterocycles. The van der Waals surface area contributed by atoms with E-state index in [9.17, 15) is 9.59 Å². The molecule has 182 valence electrons. The van der Waals surface area contributed by atoms with Crippen molar-refractivity contribution >= 4 is 11.8 Å². The molecule has 0 spiro atoms. The predicted octanol–water partition coefficient (Wildman–Crippen LogP) is 6.10. The molecule has 1 aliphatic carbocycles. The van der Waals surface area contributed by atoms with Gasteiger partial charge in [-0.15, -0.1) is 0 Å². The van der Waals surface area contributed by atoms with Gasteiger partial charge in [0.25, 0.3) is 0 Å². The van der Waals surface area contributed by atoms with Crippen LogP contribution in [-0.4, -0.2) is 47.8 Å². The molecule has 0 radical (unpaired) electrons. The molecule has 0 aliphatic heterocycles. The van der Waals surface area contributed by atoms with E-state index in [2.05, 4.69) is 60.3 Å². The number of rotatable bonds is 12. The lowest BCUT2D eigenvalue weighted by molar-refractivity contribution is -0.149. The van der Waals surface area contributed by atoms with Gasteiger partial charge in [-0.2, -0.15) is 0 Å². The van der Waals surface area contributed by atoms with Crippen LogP contribution in [0.15, 0.2) is 0 Å². The van der Waals surface area contributed by atoms with E-state index in [1.165, 1.54) is 19.3 Å². The van der Waals surface area contributed by atoms with Crippen LogP contribution >= 0.6 is 0 Å². The Kier molecular flexibility index (Phi) is 12.2. The third-order valence-electron chi connectivity index (χ3n) is 6.34. The summed E-state index contributed by atoms with van der Waals surface area (Å²) < 4.78 is 0. The molecule has 0 bridgehead atoms. The summed E-state index contributed by atoms with van der Waals surface area (Å²) in [6.07, 6.45) is 5.80. The average molecular weight is 437 g/mol. The van der Waals surface area contributed by atoms with Crippen LogP contribution in [0.25, 0.3) is 0 Å². The van der Waals surface area contributed by atoms with Gasteiger partial charge in [0.1, 0.15) is 0 Å². The first-order valence-corrected chi connectivity index (χ1v) is 13.0. The lowest BCUT2D eigenvalue weighted by atomic mass is 9.73. The molecule has 2 amide bonds. The second-order valence-electron chi connectivity index (χ2n) is 11.8. The Morgan fingerprint density at radius 2 is 0.968 bits per heavy atom. The maximum Gasteiger partial charge on any atom is 0.226 e. The van der Waals surface area contributed by atoms with Crippen molar-refractivity contribution in [2.24, 2.45) is 41.4 Å². The minimum absolute atomic E-state index is 0.181. The molecule has 0 saturated heterocycles. The van der Waals surface area contributed by atoms with Gasteiger partial charge in [0.2, 0.25) is 11.8 Å². The van der Waals surface area contributed by atoms with Crippen molar-refractivity contribution in [3.8, 4) is 0 Å². The van der Waals surface area contributed by atoms with Gasteiger partial charge >= 0.3 is 0 Å². The van der Waals surface area contributed by atoms with E-state index in [0.29, 0.717) is 29.6 Å². The molecule has 2 atom stereocenters. The zero-order valence-corrected chi connectivity index (χ0v) is 22.1. The first-order chi connectivity index (χ1) is 14.4. The van der Waals surface area contributed by atoms with E-state index in [1.807, 2.05) is 11.8 Å². The van der Waals surface area contributed by atoms with E-state index in [1.54, 1.807) is 0 Å². The summed E-state index contributed by atoms with van der Waals surface area (Å²) in [6.45, 7) is 22.5. The summed E-state index contributed by atoms with van der Waals surface area (Å²) in [5.41, 5.74) is 0. The number of carbonyl (C=O) groups excluding carboxylic acids is 2. The van der Waals surface area contributed by atoms with E-state index in [4.69, 9.17) is 0 Å². The van der Waals surface area contributed by atoms with Crippen molar-refractivity contribution in [1.82, 2.24) is 9.80 Å². The Morgan fingerprint density at radius 1 is 0.613 bits per heavy atom. The third-order valence-corrected chi connectivity index (χ3v) is 6.34. The van der Waals surface area contributed by atoms with Crippen molar-refractivity contribution < 1.29 is 9.59 Å². The van der Waals surface area contributed by atoms with Crippen LogP contribution in [0.5, 0.6) is 0 Å². The maximum atomic E-state index is 14.0. The Hall–Kier alpha value is -1.06. The molecule has 0 aromatic carbocycles. The molecule has 1 aliphatic rings. The molecule has 4 heteroatoms. The molecule has 0 N–H and O–H groups in total. The first kappa shape index (κ1) is 28.0. The Bertz CT molecular complexity index is 515. The molecule has 2 unspecified atom stereocenters. The molecule has 31 heavy (non-hydrogen) atoms. The molecule has 1 fully saturated rings. The van der Waals surface area contributed by atoms with Crippen molar-refractivity contribution in [3.05, 3.63) is 0 Å². The lowest BCUT2D eigenvalue weighted by Crippen LogP contribution is -2.50. The molecular weight excluding hydrogens is 384 g/mol. The SMILES string of the molecule is CC(C)CN(CC(C)C)C(=O)C(C)C(C(=O)N(CC(C)C)CC(C)C)C1CCCCC1. The van der Waals surface area contributed by atoms with Gasteiger partial charge in [-0.05, 0) is 42.4 Å². The van der Waals surface area contributed by atoms with Crippen LogP contribution in [0.4, 0.5) is 0 Å². The second kappa shape index (κ2) is 13.5. The monoisotopic (exact) mass is 436 g/mol. The van der Waals surface area contributed by atoms with E-state index in [0.717, 1.165) is 39.0 Å². The highest BCUT2D eigenvalue weighted by atomic mass is 16.2. The van der Waals surface area contributed by atoms with Gasteiger partial charge < -0.3 is 9.80 Å². The summed E-state index contributed by atoms with van der Waals surface area (Å²) in [6, 6.07) is 0. The Morgan fingerprint density at radius 3 is 1.32 bits per heavy atom. The van der Waals surface area contributed by atoms with Gasteiger partial charge in [-0.1, -0.05) is 81.6 Å². The standard InChI is InChI=1S/C27H52N2O2/c1-19(2)15-28(16-20(3)4)26(30)23(9)25(24-13-11-10-12-14-24)27(31)29(17-21(5)6)18-22(7)8/h19-25H,10-18H2,1-9H3. The van der Waals surface area contributed by atoms with E-state index < -0.39 is 0 Å². The van der Waals surface area contributed by atoms with Gasteiger partial charge in [0.05, 0.1) is 5.92 Å². The first-order valence-electron chi connectivity index (χ1n) is 13.0. The average Bonchev–Trinajstić information content (AvgIpc) is 2.65. The fourth-order valence-electron chi connectivity index (χ4n) is 5.24. The van der Waals surface area contributed by atoms with Crippen molar-refractivity contribution in [2.45, 2.75) is 94.4 Å². The number of hydrogen-bond acceptors (Lipinski definition) is 2. The Balaban J connectivity index is 3.22. The third kappa shape index (κ3) is 9.53. The van der Waals surface area contributed by atoms with Crippen LogP contribution in [0.1, 0.15) is 94.4 Å². The minimum Gasteiger partial charge on any atom is -0.342 e. The summed E-state index contributed by atoms with van der Waals surface area (Å²) >= 11 is 0. The summed E-state index contributed by atoms with van der Waals surface area (Å²) in [5, 5.41) is 0. The topological polar surface area (TPSA) is 40.6 Å². The zero-order chi connectivity index (χ0) is 23.7. The Labute approximate surface area is 193 Å². The summed E-state index contributed by atoms with van der Waals surface area (Å²) in [4.78, 5) is 31.8. The molecule has 0 aromatic rings. The van der Waals surface area contributed by atoms with Crippen molar-refractivity contribution in [3.63, 3.8) is 0 Å². The zero-order valence-electron chi connectivity index (χ0n) is 22.1. The van der Waals surface area contributed by atoms with Crippen LogP contribution < -0.4 is 0 Å². The number of nitrogens with zero attached hydrogens (tertiary/aromatic N) is 2.